The van der Waals surface area contributed by atoms with Gasteiger partial charge in [-0.05, 0) is 42.0 Å². The first-order valence-corrected chi connectivity index (χ1v) is 11.7. The van der Waals surface area contributed by atoms with E-state index in [9.17, 15) is 18.3 Å². The highest BCUT2D eigenvalue weighted by Gasteiger charge is 2.51. The minimum atomic E-state index is -4.04. The molecule has 7 heteroatoms. The smallest absolute Gasteiger partial charge is 0.244 e. The van der Waals surface area contributed by atoms with Gasteiger partial charge < -0.3 is 5.11 Å². The number of pyridine rings is 1. The Bertz CT molecular complexity index is 1270. The Kier molecular flexibility index (Phi) is 5.71. The van der Waals surface area contributed by atoms with Crippen LogP contribution in [0.15, 0.2) is 89.5 Å². The van der Waals surface area contributed by atoms with Crippen molar-refractivity contribution in [3.05, 3.63) is 95.8 Å². The van der Waals surface area contributed by atoms with E-state index in [1.807, 2.05) is 36.4 Å². The molecular weight excluding hydrogens is 424 g/mol. The molecule has 0 amide bonds. The van der Waals surface area contributed by atoms with Crippen LogP contribution in [0.5, 0.6) is 5.75 Å². The summed E-state index contributed by atoms with van der Waals surface area (Å²) in [6.07, 6.45) is 3.27. The van der Waals surface area contributed by atoms with E-state index in [0.29, 0.717) is 11.3 Å². The van der Waals surface area contributed by atoms with Crippen molar-refractivity contribution in [2.45, 2.75) is 24.8 Å². The van der Waals surface area contributed by atoms with Gasteiger partial charge in [0.05, 0.1) is 16.6 Å². The van der Waals surface area contributed by atoms with Crippen molar-refractivity contribution < 1.29 is 18.3 Å². The molecule has 1 N–H and O–H groups in total. The van der Waals surface area contributed by atoms with Crippen LogP contribution in [0.25, 0.3) is 6.08 Å². The number of aromatic hydroxyl groups is 1. The predicted octanol–water partition coefficient (Wildman–Crippen LogP) is 4.21. The van der Waals surface area contributed by atoms with E-state index in [-0.39, 0.29) is 23.0 Å². The maximum Gasteiger partial charge on any atom is 0.244 e. The molecule has 1 aliphatic rings. The fourth-order valence-electron chi connectivity index (χ4n) is 4.20. The summed E-state index contributed by atoms with van der Waals surface area (Å²) in [6.45, 7) is 3.43. The van der Waals surface area contributed by atoms with Gasteiger partial charge in [0.1, 0.15) is 5.75 Å². The first-order valence-electron chi connectivity index (χ1n) is 10.2. The molecule has 4 rings (SSSR count). The highest BCUT2D eigenvalue weighted by Crippen LogP contribution is 2.47. The SMILES string of the molecule is CC1(C)C(=O)C(=Cc2ccccn2)CN(S(=O)(=O)c2cccc(O)c2)C1c1ccccc1. The van der Waals surface area contributed by atoms with Crippen molar-refractivity contribution >= 4 is 21.9 Å². The molecule has 32 heavy (non-hydrogen) atoms. The maximum atomic E-state index is 13.8. The number of sulfonamides is 1. The van der Waals surface area contributed by atoms with Crippen molar-refractivity contribution in [2.24, 2.45) is 5.41 Å². The normalized spacial score (nSPS) is 20.4. The predicted molar refractivity (Wildman–Crippen MR) is 122 cm³/mol. The van der Waals surface area contributed by atoms with Crippen molar-refractivity contribution in [3.63, 3.8) is 0 Å². The summed E-state index contributed by atoms with van der Waals surface area (Å²) in [5.74, 6) is -0.265. The summed E-state index contributed by atoms with van der Waals surface area (Å²) in [7, 11) is -4.04. The molecule has 164 valence electrons. The number of carbonyl (C=O) groups excluding carboxylic acids is 1. The topological polar surface area (TPSA) is 87.6 Å². The Morgan fingerprint density at radius 3 is 2.41 bits per heavy atom. The molecule has 0 bridgehead atoms. The standard InChI is InChI=1S/C25H24N2O4S/c1-25(2)23(18-9-4-3-5-10-18)27(32(30,31)22-13-8-12-21(28)16-22)17-19(24(25)29)15-20-11-6-7-14-26-20/h3-16,23,28H,17H2,1-2H3. The Labute approximate surface area is 187 Å². The Morgan fingerprint density at radius 1 is 1.03 bits per heavy atom. The molecule has 0 spiro atoms. The van der Waals surface area contributed by atoms with Crippen LogP contribution in [0, 0.1) is 5.41 Å². The van der Waals surface area contributed by atoms with Gasteiger partial charge in [-0.3, -0.25) is 9.78 Å². The van der Waals surface area contributed by atoms with Crippen molar-refractivity contribution in [3.8, 4) is 5.75 Å². The third-order valence-corrected chi connectivity index (χ3v) is 7.53. The van der Waals surface area contributed by atoms with E-state index in [1.54, 1.807) is 38.3 Å². The number of ketones is 1. The summed E-state index contributed by atoms with van der Waals surface area (Å²) in [6, 6.07) is 19.4. The summed E-state index contributed by atoms with van der Waals surface area (Å²) in [5, 5.41) is 9.89. The second kappa shape index (κ2) is 8.33. The Hall–Kier alpha value is -3.29. The molecule has 2 heterocycles. The van der Waals surface area contributed by atoms with Crippen molar-refractivity contribution in [2.75, 3.05) is 6.54 Å². The maximum absolute atomic E-state index is 13.8. The molecule has 1 aromatic heterocycles. The monoisotopic (exact) mass is 448 g/mol. The lowest BCUT2D eigenvalue weighted by Crippen LogP contribution is -2.52. The highest BCUT2D eigenvalue weighted by atomic mass is 32.2. The Balaban J connectivity index is 1.90. The van der Waals surface area contributed by atoms with Crippen LogP contribution in [0.2, 0.25) is 0 Å². The third kappa shape index (κ3) is 3.97. The van der Waals surface area contributed by atoms with Gasteiger partial charge in [-0.1, -0.05) is 56.3 Å². The first kappa shape index (κ1) is 21.9. The van der Waals surface area contributed by atoms with Crippen LogP contribution in [-0.4, -0.2) is 35.1 Å². The summed E-state index contributed by atoms with van der Waals surface area (Å²) >= 11 is 0. The molecule has 1 unspecified atom stereocenters. The largest absolute Gasteiger partial charge is 0.508 e. The number of Topliss-reactive ketones (excluding diaryl/α,β-unsaturated/α-hetero) is 1. The molecule has 1 saturated heterocycles. The third-order valence-electron chi connectivity index (χ3n) is 5.72. The number of aromatic nitrogens is 1. The summed E-state index contributed by atoms with van der Waals surface area (Å²) in [4.78, 5) is 17.8. The van der Waals surface area contributed by atoms with E-state index in [0.717, 1.165) is 5.56 Å². The number of benzene rings is 2. The first-order chi connectivity index (χ1) is 15.2. The zero-order valence-electron chi connectivity index (χ0n) is 17.8. The molecule has 1 atom stereocenters. The van der Waals surface area contributed by atoms with E-state index in [1.165, 1.54) is 28.6 Å². The van der Waals surface area contributed by atoms with E-state index < -0.39 is 21.5 Å². The number of phenolic OH excluding ortho intramolecular Hbond substituents is 1. The zero-order valence-corrected chi connectivity index (χ0v) is 18.7. The van der Waals surface area contributed by atoms with Crippen LogP contribution in [0.3, 0.4) is 0 Å². The minimum absolute atomic E-state index is 0.0271. The molecule has 6 nitrogen and oxygen atoms in total. The Morgan fingerprint density at radius 2 is 1.75 bits per heavy atom. The lowest BCUT2D eigenvalue weighted by Gasteiger charge is -2.45. The van der Waals surface area contributed by atoms with E-state index in [4.69, 9.17) is 0 Å². The van der Waals surface area contributed by atoms with Crippen molar-refractivity contribution in [1.82, 2.24) is 9.29 Å². The number of piperidine rings is 1. The second-order valence-corrected chi connectivity index (χ2v) is 10.2. The van der Waals surface area contributed by atoms with Crippen LogP contribution < -0.4 is 0 Å². The van der Waals surface area contributed by atoms with Gasteiger partial charge in [-0.15, -0.1) is 0 Å². The van der Waals surface area contributed by atoms with Crippen molar-refractivity contribution in [1.29, 1.82) is 0 Å². The molecular formula is C25H24N2O4S. The average Bonchev–Trinajstić information content (AvgIpc) is 2.78. The van der Waals surface area contributed by atoms with Gasteiger partial charge in [-0.25, -0.2) is 8.42 Å². The number of phenols is 1. The lowest BCUT2D eigenvalue weighted by molar-refractivity contribution is -0.128. The van der Waals surface area contributed by atoms with Gasteiger partial charge in [0.2, 0.25) is 10.0 Å². The average molecular weight is 449 g/mol. The number of rotatable bonds is 4. The lowest BCUT2D eigenvalue weighted by atomic mass is 9.72. The molecule has 1 aliphatic heterocycles. The number of hydrogen-bond acceptors (Lipinski definition) is 5. The quantitative estimate of drug-likeness (QED) is 0.604. The van der Waals surface area contributed by atoms with Crippen LogP contribution in [0.1, 0.15) is 31.1 Å². The minimum Gasteiger partial charge on any atom is -0.508 e. The molecule has 0 aliphatic carbocycles. The van der Waals surface area contributed by atoms with Gasteiger partial charge >= 0.3 is 0 Å². The fraction of sp³-hybridized carbons (Fsp3) is 0.200. The number of hydrogen-bond donors (Lipinski definition) is 1. The van der Waals surface area contributed by atoms with E-state index in [2.05, 4.69) is 4.98 Å². The molecule has 0 saturated carbocycles. The van der Waals surface area contributed by atoms with E-state index >= 15 is 0 Å². The second-order valence-electron chi connectivity index (χ2n) is 8.34. The number of carbonyl (C=O) groups is 1. The molecule has 0 radical (unpaired) electrons. The summed E-state index contributed by atoms with van der Waals surface area (Å²) in [5.41, 5.74) is 0.639. The van der Waals surface area contributed by atoms with Crippen LogP contribution in [-0.2, 0) is 14.8 Å². The molecule has 1 fully saturated rings. The van der Waals surface area contributed by atoms with Crippen LogP contribution >= 0.6 is 0 Å². The van der Waals surface area contributed by atoms with Gasteiger partial charge in [0.15, 0.2) is 5.78 Å². The molecule has 3 aromatic rings. The van der Waals surface area contributed by atoms with Gasteiger partial charge in [-0.2, -0.15) is 4.31 Å². The fourth-order valence-corrected chi connectivity index (χ4v) is 5.96. The van der Waals surface area contributed by atoms with Gasteiger partial charge in [0.25, 0.3) is 0 Å². The van der Waals surface area contributed by atoms with Crippen LogP contribution in [0.4, 0.5) is 0 Å². The summed E-state index contributed by atoms with van der Waals surface area (Å²) < 4.78 is 28.9. The number of nitrogens with zero attached hydrogens (tertiary/aromatic N) is 2. The highest BCUT2D eigenvalue weighted by molar-refractivity contribution is 7.89. The molecule has 2 aromatic carbocycles. The zero-order chi connectivity index (χ0) is 22.9. The van der Waals surface area contributed by atoms with Gasteiger partial charge in [0, 0.05) is 23.7 Å².